The van der Waals surface area contributed by atoms with E-state index in [-0.39, 0.29) is 29.9 Å². The normalized spacial score (nSPS) is 11.2. The molecule has 2 aromatic heterocycles. The summed E-state index contributed by atoms with van der Waals surface area (Å²) in [4.78, 5) is 21.4. The van der Waals surface area contributed by atoms with Gasteiger partial charge in [-0.2, -0.15) is 0 Å². The molecule has 2 heterocycles. The largest absolute Gasteiger partial charge is 0.356 e. The lowest BCUT2D eigenvalue weighted by Gasteiger charge is -2.11. The van der Waals surface area contributed by atoms with Gasteiger partial charge in [0.1, 0.15) is 5.01 Å². The lowest BCUT2D eigenvalue weighted by Crippen LogP contribution is -2.38. The van der Waals surface area contributed by atoms with Crippen LogP contribution in [-0.4, -0.2) is 37.0 Å². The zero-order valence-electron chi connectivity index (χ0n) is 15.2. The van der Waals surface area contributed by atoms with Crippen molar-refractivity contribution in [2.75, 3.05) is 20.1 Å². The number of carbonyl (C=O) groups is 1. The number of hydrogen-bond acceptors (Lipinski definition) is 5. The van der Waals surface area contributed by atoms with Crippen LogP contribution in [0, 0.1) is 0 Å². The number of aromatic nitrogens is 1. The average Bonchev–Trinajstić information content (AvgIpc) is 3.28. The van der Waals surface area contributed by atoms with Crippen LogP contribution in [0.5, 0.6) is 0 Å². The first-order valence-electron chi connectivity index (χ1n) is 8.30. The van der Waals surface area contributed by atoms with Crippen molar-refractivity contribution in [1.82, 2.24) is 20.9 Å². The first-order valence-corrected chi connectivity index (χ1v) is 10.1. The molecule has 0 saturated carbocycles. The monoisotopic (exact) mass is 507 g/mol. The van der Waals surface area contributed by atoms with Gasteiger partial charge in [-0.05, 0) is 23.8 Å². The topological polar surface area (TPSA) is 78.4 Å². The molecule has 0 aliphatic rings. The van der Waals surface area contributed by atoms with Gasteiger partial charge >= 0.3 is 0 Å². The molecular formula is C17H26IN5OS2. The maximum Gasteiger partial charge on any atom is 0.261 e. The minimum Gasteiger partial charge on any atom is -0.356 e. The molecule has 0 atom stereocenters. The van der Waals surface area contributed by atoms with E-state index >= 15 is 0 Å². The number of nitrogens with one attached hydrogen (secondary N) is 3. The maximum atomic E-state index is 11.8. The van der Waals surface area contributed by atoms with E-state index in [1.165, 1.54) is 11.3 Å². The molecule has 9 heteroatoms. The molecule has 2 aromatic rings. The second-order valence-corrected chi connectivity index (χ2v) is 7.65. The minimum absolute atomic E-state index is 0. The SMILES string of the molecule is CN=C(NCCCNC(=O)c1cccs1)NCc1nc(C(C)C)cs1.I. The summed E-state index contributed by atoms with van der Waals surface area (Å²) in [5, 5.41) is 14.5. The third-order valence-electron chi connectivity index (χ3n) is 3.47. The molecule has 0 aliphatic carbocycles. The predicted molar refractivity (Wildman–Crippen MR) is 121 cm³/mol. The third kappa shape index (κ3) is 7.58. The number of carbonyl (C=O) groups excluding carboxylic acids is 1. The lowest BCUT2D eigenvalue weighted by molar-refractivity contribution is 0.0957. The number of halogens is 1. The highest BCUT2D eigenvalue weighted by atomic mass is 127. The Morgan fingerprint density at radius 3 is 2.62 bits per heavy atom. The number of hydrogen-bond donors (Lipinski definition) is 3. The molecule has 0 saturated heterocycles. The highest BCUT2D eigenvalue weighted by molar-refractivity contribution is 14.0. The maximum absolute atomic E-state index is 11.8. The number of thiazole rings is 1. The lowest BCUT2D eigenvalue weighted by atomic mass is 10.2. The molecule has 0 unspecified atom stereocenters. The van der Waals surface area contributed by atoms with Crippen molar-refractivity contribution in [2.24, 2.45) is 4.99 Å². The summed E-state index contributed by atoms with van der Waals surface area (Å²) in [7, 11) is 1.75. The van der Waals surface area contributed by atoms with Crippen LogP contribution >= 0.6 is 46.7 Å². The summed E-state index contributed by atoms with van der Waals surface area (Å²) in [5.74, 6) is 1.18. The molecule has 1 amide bonds. The van der Waals surface area contributed by atoms with Gasteiger partial charge in [-0.1, -0.05) is 19.9 Å². The van der Waals surface area contributed by atoms with Crippen molar-refractivity contribution in [3.63, 3.8) is 0 Å². The van der Waals surface area contributed by atoms with E-state index in [1.54, 1.807) is 18.4 Å². The van der Waals surface area contributed by atoms with E-state index in [0.717, 1.165) is 34.5 Å². The Balaban J connectivity index is 0.00000338. The first-order chi connectivity index (χ1) is 12.1. The van der Waals surface area contributed by atoms with Gasteiger partial charge in [-0.25, -0.2) is 4.98 Å². The number of nitrogens with zero attached hydrogens (tertiary/aromatic N) is 2. The molecule has 0 bridgehead atoms. The number of thiophene rings is 1. The van der Waals surface area contributed by atoms with Crippen LogP contribution in [0.15, 0.2) is 27.9 Å². The number of amides is 1. The molecule has 26 heavy (non-hydrogen) atoms. The molecule has 0 aliphatic heterocycles. The van der Waals surface area contributed by atoms with Crippen molar-refractivity contribution < 1.29 is 4.79 Å². The van der Waals surface area contributed by atoms with Crippen LogP contribution in [0.4, 0.5) is 0 Å². The third-order valence-corrected chi connectivity index (χ3v) is 5.20. The van der Waals surface area contributed by atoms with E-state index in [2.05, 4.69) is 45.2 Å². The Hall–Kier alpha value is -1.20. The highest BCUT2D eigenvalue weighted by Crippen LogP contribution is 2.17. The average molecular weight is 507 g/mol. The summed E-state index contributed by atoms with van der Waals surface area (Å²) in [6.07, 6.45) is 0.826. The molecule has 144 valence electrons. The summed E-state index contributed by atoms with van der Waals surface area (Å²) in [6.45, 7) is 6.31. The fourth-order valence-corrected chi connectivity index (χ4v) is 3.58. The Morgan fingerprint density at radius 2 is 2.00 bits per heavy atom. The molecule has 0 radical (unpaired) electrons. The van der Waals surface area contributed by atoms with E-state index in [1.807, 2.05) is 17.5 Å². The smallest absolute Gasteiger partial charge is 0.261 e. The van der Waals surface area contributed by atoms with Crippen LogP contribution in [0.25, 0.3) is 0 Å². The van der Waals surface area contributed by atoms with E-state index in [9.17, 15) is 4.79 Å². The van der Waals surface area contributed by atoms with E-state index in [0.29, 0.717) is 19.0 Å². The van der Waals surface area contributed by atoms with Crippen LogP contribution in [0.2, 0.25) is 0 Å². The predicted octanol–water partition coefficient (Wildman–Crippen LogP) is 3.43. The zero-order valence-corrected chi connectivity index (χ0v) is 19.2. The van der Waals surface area contributed by atoms with Gasteiger partial charge in [0.2, 0.25) is 0 Å². The molecule has 6 nitrogen and oxygen atoms in total. The Labute approximate surface area is 179 Å². The fourth-order valence-electron chi connectivity index (χ4n) is 2.04. The second kappa shape index (κ2) is 12.2. The standard InChI is InChI=1S/C17H25N5OS2.HI/c1-12(2)13-11-25-15(22-13)10-21-17(18-3)20-8-5-7-19-16(23)14-6-4-9-24-14;/h4,6,9,11-12H,5,7-8,10H2,1-3H3,(H,19,23)(H2,18,20,21);1H. The summed E-state index contributed by atoms with van der Waals surface area (Å²) in [6, 6.07) is 3.71. The Bertz CT molecular complexity index is 685. The summed E-state index contributed by atoms with van der Waals surface area (Å²) >= 11 is 3.11. The van der Waals surface area contributed by atoms with Crippen LogP contribution in [0.3, 0.4) is 0 Å². The van der Waals surface area contributed by atoms with Crippen molar-refractivity contribution >= 4 is 58.5 Å². The van der Waals surface area contributed by atoms with Gasteiger partial charge in [-0.3, -0.25) is 9.79 Å². The van der Waals surface area contributed by atoms with Crippen molar-refractivity contribution in [3.8, 4) is 0 Å². The molecule has 0 aromatic carbocycles. The molecule has 0 spiro atoms. The van der Waals surface area contributed by atoms with Crippen LogP contribution in [-0.2, 0) is 6.54 Å². The first kappa shape index (κ1) is 22.8. The summed E-state index contributed by atoms with van der Waals surface area (Å²) in [5.41, 5.74) is 1.13. The highest BCUT2D eigenvalue weighted by Gasteiger charge is 2.07. The molecule has 2 rings (SSSR count). The number of aliphatic imine (C=N–C) groups is 1. The summed E-state index contributed by atoms with van der Waals surface area (Å²) < 4.78 is 0. The van der Waals surface area contributed by atoms with Crippen LogP contribution in [0.1, 0.15) is 46.6 Å². The molecule has 3 N–H and O–H groups in total. The number of guanidine groups is 1. The van der Waals surface area contributed by atoms with Crippen molar-refractivity contribution in [2.45, 2.75) is 32.7 Å². The quantitative estimate of drug-likeness (QED) is 0.222. The minimum atomic E-state index is -0.0118. The Kier molecular flexibility index (Phi) is 10.7. The van der Waals surface area contributed by atoms with Crippen molar-refractivity contribution in [1.29, 1.82) is 0 Å². The fraction of sp³-hybridized carbons (Fsp3) is 0.471. The van der Waals surface area contributed by atoms with Crippen molar-refractivity contribution in [3.05, 3.63) is 38.5 Å². The van der Waals surface area contributed by atoms with Gasteiger partial charge in [0.15, 0.2) is 5.96 Å². The van der Waals surface area contributed by atoms with Gasteiger partial charge in [0.05, 0.1) is 17.1 Å². The van der Waals surface area contributed by atoms with Gasteiger partial charge in [0.25, 0.3) is 5.91 Å². The Morgan fingerprint density at radius 1 is 1.23 bits per heavy atom. The van der Waals surface area contributed by atoms with E-state index in [4.69, 9.17) is 0 Å². The van der Waals surface area contributed by atoms with Gasteiger partial charge in [-0.15, -0.1) is 46.7 Å². The zero-order chi connectivity index (χ0) is 18.1. The molecular weight excluding hydrogens is 481 g/mol. The van der Waals surface area contributed by atoms with Crippen LogP contribution < -0.4 is 16.0 Å². The second-order valence-electron chi connectivity index (χ2n) is 5.76. The van der Waals surface area contributed by atoms with Gasteiger partial charge in [0, 0.05) is 25.5 Å². The molecule has 0 fully saturated rings. The van der Waals surface area contributed by atoms with E-state index < -0.39 is 0 Å². The van der Waals surface area contributed by atoms with Gasteiger partial charge < -0.3 is 16.0 Å². The number of rotatable bonds is 8.